The molecule has 0 amide bonds. The second-order valence-corrected chi connectivity index (χ2v) is 9.46. The molecule has 2 heteroatoms. The summed E-state index contributed by atoms with van der Waals surface area (Å²) in [6.07, 6.45) is 7.29. The van der Waals surface area contributed by atoms with Gasteiger partial charge in [-0.25, -0.2) is 0 Å². The quantitative estimate of drug-likeness (QED) is 0.396. The standard InChI is InChI=1S/C25H42O2/c1-7-25(26-17-21-10-8-20(6)9-11-21)27-23-14-12-22(13-15-23)24(19(4)5)16-18(2)3/h12-15,18-21,24-25H,7-11,16-17H2,1-6H3. The zero-order valence-electron chi connectivity index (χ0n) is 18.5. The lowest BCUT2D eigenvalue weighted by molar-refractivity contribution is -0.0966. The Morgan fingerprint density at radius 1 is 0.963 bits per heavy atom. The van der Waals surface area contributed by atoms with Gasteiger partial charge in [0.2, 0.25) is 0 Å². The first kappa shape index (κ1) is 22.3. The lowest BCUT2D eigenvalue weighted by Crippen LogP contribution is -2.25. The van der Waals surface area contributed by atoms with Gasteiger partial charge in [0.05, 0.1) is 6.61 Å². The van der Waals surface area contributed by atoms with Crippen LogP contribution in [0.25, 0.3) is 0 Å². The van der Waals surface area contributed by atoms with E-state index in [1.54, 1.807) is 0 Å². The SMILES string of the molecule is CCC(OCC1CCC(C)CC1)Oc1ccc(C(CC(C)C)C(C)C)cc1. The Labute approximate surface area is 168 Å². The van der Waals surface area contributed by atoms with Gasteiger partial charge in [-0.05, 0) is 66.5 Å². The summed E-state index contributed by atoms with van der Waals surface area (Å²) < 4.78 is 12.2. The Bertz CT molecular complexity index is 512. The minimum absolute atomic E-state index is 0.133. The molecular formula is C25H42O2. The Hall–Kier alpha value is -1.02. The van der Waals surface area contributed by atoms with Crippen molar-refractivity contribution in [1.82, 2.24) is 0 Å². The van der Waals surface area contributed by atoms with Gasteiger partial charge < -0.3 is 9.47 Å². The van der Waals surface area contributed by atoms with E-state index in [-0.39, 0.29) is 6.29 Å². The largest absolute Gasteiger partial charge is 0.465 e. The number of hydrogen-bond donors (Lipinski definition) is 0. The molecule has 2 nitrogen and oxygen atoms in total. The van der Waals surface area contributed by atoms with Crippen LogP contribution in [0.5, 0.6) is 5.75 Å². The molecule has 0 saturated heterocycles. The van der Waals surface area contributed by atoms with Crippen molar-refractivity contribution in [2.24, 2.45) is 23.7 Å². The highest BCUT2D eigenvalue weighted by Gasteiger charge is 2.21. The smallest absolute Gasteiger partial charge is 0.199 e. The molecule has 1 saturated carbocycles. The van der Waals surface area contributed by atoms with Crippen LogP contribution in [0.15, 0.2) is 24.3 Å². The van der Waals surface area contributed by atoms with E-state index >= 15 is 0 Å². The molecule has 2 unspecified atom stereocenters. The summed E-state index contributed by atoms with van der Waals surface area (Å²) in [5, 5.41) is 0. The van der Waals surface area contributed by atoms with Gasteiger partial charge in [0.1, 0.15) is 5.75 Å². The molecular weight excluding hydrogens is 332 g/mol. The van der Waals surface area contributed by atoms with E-state index in [1.165, 1.54) is 37.7 Å². The first-order valence-electron chi connectivity index (χ1n) is 11.3. The maximum atomic E-state index is 6.13. The second-order valence-electron chi connectivity index (χ2n) is 9.46. The van der Waals surface area contributed by atoms with E-state index in [0.717, 1.165) is 24.7 Å². The lowest BCUT2D eigenvalue weighted by Gasteiger charge is -2.28. The first-order chi connectivity index (χ1) is 12.9. The molecule has 0 spiro atoms. The highest BCUT2D eigenvalue weighted by atomic mass is 16.7. The van der Waals surface area contributed by atoms with Crippen molar-refractivity contribution < 1.29 is 9.47 Å². The fourth-order valence-corrected chi connectivity index (χ4v) is 4.22. The van der Waals surface area contributed by atoms with Crippen LogP contribution in [-0.4, -0.2) is 12.9 Å². The monoisotopic (exact) mass is 374 g/mol. The summed E-state index contributed by atoms with van der Waals surface area (Å²) in [4.78, 5) is 0. The van der Waals surface area contributed by atoms with E-state index in [9.17, 15) is 0 Å². The molecule has 1 fully saturated rings. The third-order valence-corrected chi connectivity index (χ3v) is 6.09. The van der Waals surface area contributed by atoms with Gasteiger partial charge in [0, 0.05) is 6.42 Å². The molecule has 154 valence electrons. The Morgan fingerprint density at radius 3 is 2.11 bits per heavy atom. The van der Waals surface area contributed by atoms with Crippen molar-refractivity contribution in [3.63, 3.8) is 0 Å². The van der Waals surface area contributed by atoms with Crippen molar-refractivity contribution >= 4 is 0 Å². The molecule has 0 aliphatic heterocycles. The summed E-state index contributed by atoms with van der Waals surface area (Å²) in [6.45, 7) is 14.6. The molecule has 2 atom stereocenters. The first-order valence-corrected chi connectivity index (χ1v) is 11.3. The molecule has 0 bridgehead atoms. The molecule has 0 radical (unpaired) electrons. The van der Waals surface area contributed by atoms with Crippen molar-refractivity contribution in [3.8, 4) is 5.75 Å². The number of rotatable bonds is 10. The minimum atomic E-state index is -0.133. The predicted octanol–water partition coefficient (Wildman–Crippen LogP) is 7.43. The van der Waals surface area contributed by atoms with Gasteiger partial charge in [-0.1, -0.05) is 66.5 Å². The summed E-state index contributed by atoms with van der Waals surface area (Å²) in [5.41, 5.74) is 1.43. The highest BCUT2D eigenvalue weighted by molar-refractivity contribution is 5.30. The molecule has 0 heterocycles. The zero-order valence-corrected chi connectivity index (χ0v) is 18.5. The van der Waals surface area contributed by atoms with Gasteiger partial charge in [-0.15, -0.1) is 0 Å². The Morgan fingerprint density at radius 2 is 1.59 bits per heavy atom. The van der Waals surface area contributed by atoms with Crippen LogP contribution >= 0.6 is 0 Å². The van der Waals surface area contributed by atoms with Crippen LogP contribution < -0.4 is 4.74 Å². The maximum Gasteiger partial charge on any atom is 0.199 e. The van der Waals surface area contributed by atoms with Crippen molar-refractivity contribution in [2.45, 2.75) is 92.3 Å². The molecule has 1 aliphatic carbocycles. The summed E-state index contributed by atoms with van der Waals surface area (Å²) in [5.74, 6) is 4.52. The van der Waals surface area contributed by atoms with Crippen molar-refractivity contribution in [1.29, 1.82) is 0 Å². The second kappa shape index (κ2) is 11.1. The summed E-state index contributed by atoms with van der Waals surface area (Å²) in [6, 6.07) is 8.74. The van der Waals surface area contributed by atoms with E-state index < -0.39 is 0 Å². The topological polar surface area (TPSA) is 18.5 Å². The highest BCUT2D eigenvalue weighted by Crippen LogP contribution is 2.32. The van der Waals surface area contributed by atoms with E-state index in [0.29, 0.717) is 23.7 Å². The number of benzene rings is 1. The van der Waals surface area contributed by atoms with Crippen LogP contribution in [-0.2, 0) is 4.74 Å². The third-order valence-electron chi connectivity index (χ3n) is 6.09. The van der Waals surface area contributed by atoms with Gasteiger partial charge >= 0.3 is 0 Å². The molecule has 1 aliphatic rings. The molecule has 27 heavy (non-hydrogen) atoms. The number of ether oxygens (including phenoxy) is 2. The minimum Gasteiger partial charge on any atom is -0.465 e. The maximum absolute atomic E-state index is 6.13. The molecule has 1 aromatic carbocycles. The Balaban J connectivity index is 1.87. The molecule has 1 aromatic rings. The van der Waals surface area contributed by atoms with Gasteiger partial charge in [0.15, 0.2) is 6.29 Å². The summed E-state index contributed by atoms with van der Waals surface area (Å²) >= 11 is 0. The zero-order chi connectivity index (χ0) is 19.8. The average Bonchev–Trinajstić information content (AvgIpc) is 2.64. The Kier molecular flexibility index (Phi) is 9.15. The van der Waals surface area contributed by atoms with E-state index in [4.69, 9.17) is 9.47 Å². The van der Waals surface area contributed by atoms with Crippen LogP contribution in [0.2, 0.25) is 0 Å². The molecule has 0 N–H and O–H groups in total. The molecule has 0 aromatic heterocycles. The predicted molar refractivity (Wildman–Crippen MR) is 115 cm³/mol. The van der Waals surface area contributed by atoms with Crippen molar-refractivity contribution in [3.05, 3.63) is 29.8 Å². The number of hydrogen-bond acceptors (Lipinski definition) is 2. The third kappa shape index (κ3) is 7.49. The van der Waals surface area contributed by atoms with Crippen LogP contribution in [0.4, 0.5) is 0 Å². The van der Waals surface area contributed by atoms with Crippen molar-refractivity contribution in [2.75, 3.05) is 6.61 Å². The summed E-state index contributed by atoms with van der Waals surface area (Å²) in [7, 11) is 0. The fourth-order valence-electron chi connectivity index (χ4n) is 4.22. The van der Waals surface area contributed by atoms with Gasteiger partial charge in [-0.2, -0.15) is 0 Å². The van der Waals surface area contributed by atoms with Crippen LogP contribution in [0.1, 0.15) is 91.5 Å². The molecule has 2 rings (SSSR count). The van der Waals surface area contributed by atoms with Gasteiger partial charge in [-0.3, -0.25) is 0 Å². The normalized spacial score (nSPS) is 22.8. The average molecular weight is 375 g/mol. The fraction of sp³-hybridized carbons (Fsp3) is 0.760. The van der Waals surface area contributed by atoms with Gasteiger partial charge in [0.25, 0.3) is 0 Å². The van der Waals surface area contributed by atoms with E-state index in [1.807, 2.05) is 0 Å². The van der Waals surface area contributed by atoms with Crippen LogP contribution in [0.3, 0.4) is 0 Å². The lowest BCUT2D eigenvalue weighted by atomic mass is 9.82. The van der Waals surface area contributed by atoms with Crippen LogP contribution in [0, 0.1) is 23.7 Å². The van der Waals surface area contributed by atoms with E-state index in [2.05, 4.69) is 65.8 Å².